The van der Waals surface area contributed by atoms with E-state index in [-0.39, 0.29) is 21.5 Å². The minimum Gasteiger partial charge on any atom is -0.744 e. The lowest BCUT2D eigenvalue weighted by Gasteiger charge is -2.17. The fourth-order valence-corrected chi connectivity index (χ4v) is 7.16. The van der Waals surface area contributed by atoms with Crippen molar-refractivity contribution in [2.24, 2.45) is 0 Å². The molecule has 0 unspecified atom stereocenters. The number of aromatic nitrogens is 2. The van der Waals surface area contributed by atoms with Gasteiger partial charge in [-0.2, -0.15) is 8.42 Å². The molecular formula is C35H26N4O7S2. The summed E-state index contributed by atoms with van der Waals surface area (Å²) < 4.78 is 80.7. The quantitative estimate of drug-likeness (QED) is 0.0704. The number of hydrogen-bond donors (Lipinski definition) is 3. The van der Waals surface area contributed by atoms with Crippen molar-refractivity contribution >= 4 is 75.8 Å². The third kappa shape index (κ3) is 5.75. The zero-order valence-electron chi connectivity index (χ0n) is 25.2. The Hall–Kier alpha value is -5.60. The summed E-state index contributed by atoms with van der Waals surface area (Å²) in [6.07, 6.45) is 0. The van der Waals surface area contributed by atoms with Crippen LogP contribution in [0.1, 0.15) is 0 Å². The van der Waals surface area contributed by atoms with Crippen molar-refractivity contribution in [1.82, 2.24) is 4.98 Å². The Balaban J connectivity index is 1.63. The van der Waals surface area contributed by atoms with E-state index in [2.05, 4.69) is 10.6 Å². The number of nitrogens with zero attached hydrogens (tertiary/aromatic N) is 2. The highest BCUT2D eigenvalue weighted by Gasteiger charge is 2.28. The minimum atomic E-state index is -5.02. The topological polar surface area (TPSA) is 162 Å². The summed E-state index contributed by atoms with van der Waals surface area (Å²) in [6.45, 7) is 0. The first kappa shape index (κ1) is 31.0. The van der Waals surface area contributed by atoms with E-state index in [9.17, 15) is 25.9 Å². The Labute approximate surface area is 275 Å². The number of ether oxygens (including phenoxy) is 1. The Morgan fingerprint density at radius 3 is 2.04 bits per heavy atom. The van der Waals surface area contributed by atoms with Gasteiger partial charge in [0.05, 0.1) is 23.4 Å². The first-order chi connectivity index (χ1) is 23.0. The lowest BCUT2D eigenvalue weighted by molar-refractivity contribution is -0.538. The fraction of sp³-hybridized carbons (Fsp3) is 0.0286. The van der Waals surface area contributed by atoms with Crippen LogP contribution in [0.3, 0.4) is 0 Å². The van der Waals surface area contributed by atoms with Crippen LogP contribution in [0.5, 0.6) is 5.75 Å². The number of fused-ring (bicyclic) bond motifs is 4. The molecule has 0 radical (unpaired) electrons. The summed E-state index contributed by atoms with van der Waals surface area (Å²) in [6, 6.07) is 34.1. The van der Waals surface area contributed by atoms with E-state index >= 15 is 0 Å². The zero-order chi connectivity index (χ0) is 33.6. The van der Waals surface area contributed by atoms with Crippen LogP contribution in [0.25, 0.3) is 38.5 Å². The minimum absolute atomic E-state index is 0.0219. The summed E-state index contributed by atoms with van der Waals surface area (Å²) >= 11 is 0. The van der Waals surface area contributed by atoms with Crippen LogP contribution in [-0.4, -0.2) is 38.0 Å². The molecular weight excluding hydrogens is 653 g/mol. The van der Waals surface area contributed by atoms with Crippen molar-refractivity contribution in [3.05, 3.63) is 121 Å². The normalized spacial score (nSPS) is 12.0. The largest absolute Gasteiger partial charge is 0.744 e. The van der Waals surface area contributed by atoms with E-state index in [4.69, 9.17) is 9.72 Å². The molecule has 11 nitrogen and oxygen atoms in total. The molecule has 1 heterocycles. The monoisotopic (exact) mass is 678 g/mol. The SMILES string of the molecule is COc1cccc(Nc2cc3c(cc2S(=O)(=O)[O-])nc2c4cccc(S(=O)(=O)O)c4c(Nc4ccccc4)cc2[n+]3-c2ccccc2)c1. The van der Waals surface area contributed by atoms with Gasteiger partial charge in [0.2, 0.25) is 16.7 Å². The van der Waals surface area contributed by atoms with E-state index in [0.717, 1.165) is 0 Å². The van der Waals surface area contributed by atoms with Gasteiger partial charge in [0.15, 0.2) is 0 Å². The van der Waals surface area contributed by atoms with Gasteiger partial charge in [0.1, 0.15) is 31.8 Å². The van der Waals surface area contributed by atoms with Crippen LogP contribution in [0.15, 0.2) is 131 Å². The molecule has 3 N–H and O–H groups in total. The Bertz CT molecular complexity index is 2600. The molecule has 0 fully saturated rings. The van der Waals surface area contributed by atoms with Crippen LogP contribution in [0, 0.1) is 0 Å². The number of hydrogen-bond acceptors (Lipinski definition) is 9. The van der Waals surface area contributed by atoms with Gasteiger partial charge in [-0.1, -0.05) is 54.6 Å². The van der Waals surface area contributed by atoms with Crippen molar-refractivity contribution in [3.63, 3.8) is 0 Å². The van der Waals surface area contributed by atoms with Crippen molar-refractivity contribution in [3.8, 4) is 11.4 Å². The van der Waals surface area contributed by atoms with Crippen LogP contribution in [-0.2, 0) is 20.2 Å². The maximum Gasteiger partial charge on any atom is 0.295 e. The molecule has 0 aliphatic carbocycles. The predicted octanol–water partition coefficient (Wildman–Crippen LogP) is 6.46. The molecule has 0 saturated heterocycles. The molecule has 7 aromatic rings. The first-order valence-electron chi connectivity index (χ1n) is 14.5. The number of rotatable bonds is 8. The van der Waals surface area contributed by atoms with Crippen LogP contribution in [0.4, 0.5) is 22.7 Å². The Morgan fingerprint density at radius 1 is 0.708 bits per heavy atom. The van der Waals surface area contributed by atoms with Crippen LogP contribution >= 0.6 is 0 Å². The average Bonchev–Trinajstić information content (AvgIpc) is 3.07. The second kappa shape index (κ2) is 11.9. The van der Waals surface area contributed by atoms with Crippen molar-refractivity contribution in [2.75, 3.05) is 17.7 Å². The summed E-state index contributed by atoms with van der Waals surface area (Å²) in [7, 11) is -8.21. The smallest absolute Gasteiger partial charge is 0.295 e. The molecule has 7 rings (SSSR count). The third-order valence-corrected chi connectivity index (χ3v) is 9.60. The lowest BCUT2D eigenvalue weighted by atomic mass is 10.0. The van der Waals surface area contributed by atoms with E-state index in [1.807, 2.05) is 65.2 Å². The van der Waals surface area contributed by atoms with Gasteiger partial charge >= 0.3 is 0 Å². The summed E-state index contributed by atoms with van der Waals surface area (Å²) in [5.41, 5.74) is 3.64. The van der Waals surface area contributed by atoms with Gasteiger partial charge in [-0.05, 0) is 36.4 Å². The Kier molecular flexibility index (Phi) is 7.68. The van der Waals surface area contributed by atoms with Gasteiger partial charge in [0, 0.05) is 52.5 Å². The molecule has 13 heteroatoms. The second-order valence-corrected chi connectivity index (χ2v) is 13.6. The predicted molar refractivity (Wildman–Crippen MR) is 182 cm³/mol. The van der Waals surface area contributed by atoms with Crippen LogP contribution in [0.2, 0.25) is 0 Å². The number of para-hydroxylation sites is 2. The van der Waals surface area contributed by atoms with Gasteiger partial charge in [0.25, 0.3) is 10.1 Å². The molecule has 0 amide bonds. The standard InChI is InChI=1S/C35H26N4O7S2/c1-46-25-15-8-12-23(18-25)37-28-19-30-27(21-33(28)48(43,44)45)38-35-26-16-9-17-32(47(40,41)42)34(26)29(36-22-10-4-2-5-11-22)20-31(35)39(30)24-13-6-3-7-14-24/h2-21H,1H3,(H3,36,37,40,41,42,43,44,45). The average molecular weight is 679 g/mol. The maximum atomic E-state index is 12.7. The zero-order valence-corrected chi connectivity index (χ0v) is 26.8. The highest BCUT2D eigenvalue weighted by atomic mass is 32.2. The summed E-state index contributed by atoms with van der Waals surface area (Å²) in [5.74, 6) is 0.522. The molecule has 0 atom stereocenters. The van der Waals surface area contributed by atoms with E-state index < -0.39 is 25.1 Å². The molecule has 48 heavy (non-hydrogen) atoms. The van der Waals surface area contributed by atoms with Crippen molar-refractivity contribution in [1.29, 1.82) is 0 Å². The van der Waals surface area contributed by atoms with Gasteiger partial charge in [-0.15, -0.1) is 4.57 Å². The third-order valence-electron chi connectivity index (χ3n) is 7.83. The summed E-state index contributed by atoms with van der Waals surface area (Å²) in [5, 5.41) is 6.90. The summed E-state index contributed by atoms with van der Waals surface area (Å²) in [4.78, 5) is 3.97. The number of anilines is 4. The second-order valence-electron chi connectivity index (χ2n) is 10.9. The highest BCUT2D eigenvalue weighted by molar-refractivity contribution is 7.86. The molecule has 240 valence electrons. The van der Waals surface area contributed by atoms with Gasteiger partial charge in [-0.3, -0.25) is 4.55 Å². The molecule has 0 spiro atoms. The molecule has 6 aromatic carbocycles. The number of methoxy groups -OCH3 is 1. The van der Waals surface area contributed by atoms with Gasteiger partial charge < -0.3 is 19.9 Å². The highest BCUT2D eigenvalue weighted by Crippen LogP contribution is 2.38. The van der Waals surface area contributed by atoms with Gasteiger partial charge in [-0.25, -0.2) is 13.4 Å². The van der Waals surface area contributed by atoms with Crippen LogP contribution < -0.4 is 19.9 Å². The molecule has 0 saturated carbocycles. The number of benzene rings is 6. The number of nitrogens with one attached hydrogen (secondary N) is 2. The lowest BCUT2D eigenvalue weighted by Crippen LogP contribution is -2.33. The van der Waals surface area contributed by atoms with E-state index in [0.29, 0.717) is 50.4 Å². The fourth-order valence-electron chi connectivity index (χ4n) is 5.79. The van der Waals surface area contributed by atoms with E-state index in [1.165, 1.54) is 25.3 Å². The molecule has 0 aliphatic heterocycles. The van der Waals surface area contributed by atoms with Crippen molar-refractivity contribution in [2.45, 2.75) is 9.79 Å². The molecule has 0 bridgehead atoms. The molecule has 1 aromatic heterocycles. The van der Waals surface area contributed by atoms with Crippen molar-refractivity contribution < 1.29 is 35.2 Å². The molecule has 0 aliphatic rings. The van der Waals surface area contributed by atoms with E-state index in [1.54, 1.807) is 42.5 Å². The maximum absolute atomic E-state index is 12.7. The first-order valence-corrected chi connectivity index (χ1v) is 17.4. The Morgan fingerprint density at radius 2 is 1.35 bits per heavy atom.